The van der Waals surface area contributed by atoms with E-state index in [2.05, 4.69) is 32.8 Å². The zero-order chi connectivity index (χ0) is 12.8. The molecule has 1 N–H and O–H groups in total. The lowest BCUT2D eigenvalue weighted by atomic mass is 10.0. The van der Waals surface area contributed by atoms with Gasteiger partial charge in [-0.15, -0.1) is 0 Å². The van der Waals surface area contributed by atoms with Gasteiger partial charge in [-0.05, 0) is 19.3 Å². The lowest BCUT2D eigenvalue weighted by Crippen LogP contribution is -2.05. The Bertz CT molecular complexity index is 344. The van der Waals surface area contributed by atoms with Crippen molar-refractivity contribution >= 4 is 0 Å². The molecule has 0 saturated heterocycles. The van der Waals surface area contributed by atoms with E-state index in [1.807, 2.05) is 4.68 Å². The Morgan fingerprint density at radius 2 is 1.94 bits per heavy atom. The molecule has 0 saturated carbocycles. The Balaban J connectivity index is 3.01. The SMILES string of the molecule is CCCCn1nc(C(C)CC)c(O)c1CCC. The third-order valence-corrected chi connectivity index (χ3v) is 3.35. The molecule has 0 aliphatic heterocycles. The van der Waals surface area contributed by atoms with E-state index in [-0.39, 0.29) is 0 Å². The molecule has 1 aromatic rings. The molecule has 3 nitrogen and oxygen atoms in total. The average Bonchev–Trinajstić information content (AvgIpc) is 2.64. The highest BCUT2D eigenvalue weighted by Crippen LogP contribution is 2.31. The van der Waals surface area contributed by atoms with Crippen LogP contribution in [0.3, 0.4) is 0 Å². The Kier molecular flexibility index (Phi) is 5.52. The highest BCUT2D eigenvalue weighted by Gasteiger charge is 2.19. The number of aryl methyl sites for hydroxylation is 1. The Morgan fingerprint density at radius 3 is 2.47 bits per heavy atom. The molecule has 98 valence electrons. The van der Waals surface area contributed by atoms with Crippen molar-refractivity contribution in [2.75, 3.05) is 0 Å². The minimum Gasteiger partial charge on any atom is -0.504 e. The molecular formula is C14H26N2O. The van der Waals surface area contributed by atoms with Gasteiger partial charge in [-0.25, -0.2) is 0 Å². The van der Waals surface area contributed by atoms with Crippen molar-refractivity contribution in [3.63, 3.8) is 0 Å². The maximum atomic E-state index is 10.3. The lowest BCUT2D eigenvalue weighted by molar-refractivity contribution is 0.451. The molecule has 1 aromatic heterocycles. The summed E-state index contributed by atoms with van der Waals surface area (Å²) in [5, 5.41) is 14.9. The van der Waals surface area contributed by atoms with Crippen LogP contribution in [0.5, 0.6) is 5.75 Å². The van der Waals surface area contributed by atoms with E-state index >= 15 is 0 Å². The van der Waals surface area contributed by atoms with E-state index in [0.29, 0.717) is 11.7 Å². The first-order valence-corrected chi connectivity index (χ1v) is 6.94. The topological polar surface area (TPSA) is 38.0 Å². The van der Waals surface area contributed by atoms with Crippen molar-refractivity contribution in [3.05, 3.63) is 11.4 Å². The monoisotopic (exact) mass is 238 g/mol. The van der Waals surface area contributed by atoms with Crippen LogP contribution in [0.15, 0.2) is 0 Å². The minimum absolute atomic E-state index is 0.341. The summed E-state index contributed by atoms with van der Waals surface area (Å²) < 4.78 is 2.02. The van der Waals surface area contributed by atoms with Crippen molar-refractivity contribution in [2.24, 2.45) is 0 Å². The summed E-state index contributed by atoms with van der Waals surface area (Å²) in [6, 6.07) is 0. The summed E-state index contributed by atoms with van der Waals surface area (Å²) in [5.74, 6) is 0.783. The van der Waals surface area contributed by atoms with Gasteiger partial charge in [-0.1, -0.05) is 40.5 Å². The van der Waals surface area contributed by atoms with Crippen LogP contribution in [-0.4, -0.2) is 14.9 Å². The van der Waals surface area contributed by atoms with E-state index < -0.39 is 0 Å². The maximum Gasteiger partial charge on any atom is 0.160 e. The molecule has 0 aromatic carbocycles. The van der Waals surface area contributed by atoms with Gasteiger partial charge in [0.25, 0.3) is 0 Å². The molecule has 3 heteroatoms. The number of aromatic nitrogens is 2. The zero-order valence-corrected chi connectivity index (χ0v) is 11.7. The van der Waals surface area contributed by atoms with Crippen molar-refractivity contribution in [3.8, 4) is 5.75 Å². The molecule has 0 spiro atoms. The highest BCUT2D eigenvalue weighted by atomic mass is 16.3. The number of hydrogen-bond acceptors (Lipinski definition) is 2. The first-order chi connectivity index (χ1) is 8.15. The molecule has 17 heavy (non-hydrogen) atoms. The second-order valence-electron chi connectivity index (χ2n) is 4.82. The molecule has 0 bridgehead atoms. The predicted molar refractivity (Wildman–Crippen MR) is 71.5 cm³/mol. The van der Waals surface area contributed by atoms with Crippen LogP contribution < -0.4 is 0 Å². The van der Waals surface area contributed by atoms with Crippen LogP contribution in [0.25, 0.3) is 0 Å². The average molecular weight is 238 g/mol. The molecule has 1 rings (SSSR count). The molecular weight excluding hydrogens is 212 g/mol. The van der Waals surface area contributed by atoms with E-state index in [1.165, 1.54) is 0 Å². The van der Waals surface area contributed by atoms with Crippen LogP contribution in [0.2, 0.25) is 0 Å². The summed E-state index contributed by atoms with van der Waals surface area (Å²) in [4.78, 5) is 0. The van der Waals surface area contributed by atoms with Gasteiger partial charge in [0.1, 0.15) is 5.69 Å². The first kappa shape index (κ1) is 14.1. The zero-order valence-electron chi connectivity index (χ0n) is 11.7. The number of aromatic hydroxyl groups is 1. The Labute approximate surface area is 105 Å². The van der Waals surface area contributed by atoms with E-state index in [9.17, 15) is 5.11 Å². The van der Waals surface area contributed by atoms with E-state index in [0.717, 1.165) is 50.0 Å². The van der Waals surface area contributed by atoms with Gasteiger partial charge in [-0.3, -0.25) is 4.68 Å². The van der Waals surface area contributed by atoms with Crippen LogP contribution in [-0.2, 0) is 13.0 Å². The molecule has 1 atom stereocenters. The Morgan fingerprint density at radius 1 is 1.24 bits per heavy atom. The van der Waals surface area contributed by atoms with Crippen LogP contribution >= 0.6 is 0 Å². The fraction of sp³-hybridized carbons (Fsp3) is 0.786. The number of nitrogens with zero attached hydrogens (tertiary/aromatic N) is 2. The van der Waals surface area contributed by atoms with Gasteiger partial charge in [0, 0.05) is 12.5 Å². The summed E-state index contributed by atoms with van der Waals surface area (Å²) in [7, 11) is 0. The largest absolute Gasteiger partial charge is 0.504 e. The summed E-state index contributed by atoms with van der Waals surface area (Å²) >= 11 is 0. The summed E-state index contributed by atoms with van der Waals surface area (Å²) in [5.41, 5.74) is 1.91. The smallest absolute Gasteiger partial charge is 0.160 e. The maximum absolute atomic E-state index is 10.3. The quantitative estimate of drug-likeness (QED) is 0.783. The predicted octanol–water partition coefficient (Wildman–Crippen LogP) is 3.85. The molecule has 0 amide bonds. The molecule has 1 unspecified atom stereocenters. The van der Waals surface area contributed by atoms with E-state index in [1.54, 1.807) is 0 Å². The third-order valence-electron chi connectivity index (χ3n) is 3.35. The van der Waals surface area contributed by atoms with Gasteiger partial charge in [0.05, 0.1) is 5.69 Å². The van der Waals surface area contributed by atoms with Crippen LogP contribution in [0.4, 0.5) is 0 Å². The number of hydrogen-bond donors (Lipinski definition) is 1. The molecule has 0 aliphatic carbocycles. The Hall–Kier alpha value is -0.990. The van der Waals surface area contributed by atoms with Gasteiger partial charge in [0.2, 0.25) is 0 Å². The standard InChI is InChI=1S/C14H26N2O/c1-5-8-10-16-12(9-6-2)14(17)13(15-16)11(4)7-3/h11,17H,5-10H2,1-4H3. The second kappa shape index (κ2) is 6.67. The second-order valence-corrected chi connectivity index (χ2v) is 4.82. The number of rotatable bonds is 7. The van der Waals surface area contributed by atoms with Crippen molar-refractivity contribution in [1.29, 1.82) is 0 Å². The van der Waals surface area contributed by atoms with Crippen molar-refractivity contribution in [1.82, 2.24) is 9.78 Å². The summed E-state index contributed by atoms with van der Waals surface area (Å²) in [6.45, 7) is 9.50. The van der Waals surface area contributed by atoms with E-state index in [4.69, 9.17) is 0 Å². The van der Waals surface area contributed by atoms with Gasteiger partial charge < -0.3 is 5.11 Å². The lowest BCUT2D eigenvalue weighted by Gasteiger charge is -2.05. The third kappa shape index (κ3) is 3.24. The van der Waals surface area contributed by atoms with Crippen LogP contribution in [0.1, 0.15) is 70.7 Å². The molecule has 0 aliphatic rings. The van der Waals surface area contributed by atoms with Crippen molar-refractivity contribution in [2.45, 2.75) is 72.3 Å². The molecule has 0 radical (unpaired) electrons. The van der Waals surface area contributed by atoms with Gasteiger partial charge in [0.15, 0.2) is 5.75 Å². The fourth-order valence-electron chi connectivity index (χ4n) is 2.01. The van der Waals surface area contributed by atoms with Gasteiger partial charge in [-0.2, -0.15) is 5.10 Å². The fourth-order valence-corrected chi connectivity index (χ4v) is 2.01. The minimum atomic E-state index is 0.341. The van der Waals surface area contributed by atoms with Gasteiger partial charge >= 0.3 is 0 Å². The highest BCUT2D eigenvalue weighted by molar-refractivity contribution is 5.34. The van der Waals surface area contributed by atoms with Crippen LogP contribution in [0, 0.1) is 0 Å². The van der Waals surface area contributed by atoms with Crippen molar-refractivity contribution < 1.29 is 5.11 Å². The summed E-state index contributed by atoms with van der Waals surface area (Å²) in [6.07, 6.45) is 5.26. The number of unbranched alkanes of at least 4 members (excludes halogenated alkanes) is 1. The normalized spacial score (nSPS) is 12.9. The first-order valence-electron chi connectivity index (χ1n) is 6.94. The molecule has 0 fully saturated rings. The molecule has 1 heterocycles.